The molecule has 4 rings (SSSR count). The largest absolute Gasteiger partial charge is 0.295 e. The number of rotatable bonds is 1. The fraction of sp³-hybridized carbons (Fsp3) is 0.214. The van der Waals surface area contributed by atoms with Gasteiger partial charge in [0, 0.05) is 23.1 Å². The maximum Gasteiger partial charge on any atom is 0.292 e. The highest BCUT2D eigenvalue weighted by atomic mass is 79.9. The van der Waals surface area contributed by atoms with Crippen molar-refractivity contribution < 1.29 is 4.79 Å². The second kappa shape index (κ2) is 5.47. The number of carbonyl (C=O) groups excluding carboxylic acids is 1. The van der Waals surface area contributed by atoms with E-state index in [1.807, 2.05) is 6.07 Å². The van der Waals surface area contributed by atoms with Crippen molar-refractivity contribution in [2.24, 2.45) is 0 Å². The molecule has 0 aromatic carbocycles. The predicted molar refractivity (Wildman–Crippen MR) is 93.1 cm³/mol. The van der Waals surface area contributed by atoms with Gasteiger partial charge in [-0.1, -0.05) is 18.5 Å². The molecule has 0 spiro atoms. The number of amides is 1. The third-order valence-electron chi connectivity index (χ3n) is 3.64. The zero-order chi connectivity index (χ0) is 16.1. The van der Waals surface area contributed by atoms with Gasteiger partial charge in [-0.3, -0.25) is 15.2 Å². The van der Waals surface area contributed by atoms with Gasteiger partial charge in [-0.2, -0.15) is 5.10 Å². The van der Waals surface area contributed by atoms with Crippen LogP contribution in [0.2, 0.25) is 5.02 Å². The minimum atomic E-state index is -0.188. The molecule has 0 fully saturated rings. The number of nitrogens with zero attached hydrogens (tertiary/aromatic N) is 4. The molecule has 9 heteroatoms. The Morgan fingerprint density at radius 2 is 2.35 bits per heavy atom. The number of aromatic nitrogens is 3. The highest BCUT2D eigenvalue weighted by molar-refractivity contribution is 9.11. The molecule has 6 nitrogen and oxygen atoms in total. The van der Waals surface area contributed by atoms with E-state index in [1.54, 1.807) is 28.6 Å². The van der Waals surface area contributed by atoms with E-state index in [1.165, 1.54) is 15.6 Å². The van der Waals surface area contributed by atoms with Crippen LogP contribution in [0, 0.1) is 0 Å². The summed E-state index contributed by atoms with van der Waals surface area (Å²) in [6, 6.07) is 3.64. The number of thiophene rings is 1. The molecule has 0 saturated heterocycles. The predicted octanol–water partition coefficient (Wildman–Crippen LogP) is 3.79. The van der Waals surface area contributed by atoms with Gasteiger partial charge in [0.15, 0.2) is 11.3 Å². The molecule has 3 aromatic heterocycles. The SMILES string of the molecule is CC1CN(C(=O)c2cc3ncc(Cl)cn3n2)Nc2cc(Br)sc21. The van der Waals surface area contributed by atoms with Crippen LogP contribution in [0.15, 0.2) is 28.3 Å². The number of hydrazine groups is 1. The molecule has 1 atom stereocenters. The van der Waals surface area contributed by atoms with Gasteiger partial charge < -0.3 is 0 Å². The monoisotopic (exact) mass is 411 g/mol. The number of fused-ring (bicyclic) bond motifs is 2. The lowest BCUT2D eigenvalue weighted by Gasteiger charge is -2.31. The van der Waals surface area contributed by atoms with Crippen LogP contribution in [0.3, 0.4) is 0 Å². The zero-order valence-corrected chi connectivity index (χ0v) is 15.1. The van der Waals surface area contributed by atoms with Gasteiger partial charge in [0.05, 0.1) is 27.2 Å². The van der Waals surface area contributed by atoms with Crippen LogP contribution in [0.25, 0.3) is 5.65 Å². The second-order valence-corrected chi connectivity index (χ2v) is 8.26. The molecule has 0 aliphatic carbocycles. The van der Waals surface area contributed by atoms with E-state index in [0.717, 1.165) is 9.47 Å². The summed E-state index contributed by atoms with van der Waals surface area (Å²) < 4.78 is 2.55. The molecule has 23 heavy (non-hydrogen) atoms. The maximum absolute atomic E-state index is 12.7. The maximum atomic E-state index is 12.7. The van der Waals surface area contributed by atoms with E-state index in [4.69, 9.17) is 11.6 Å². The highest BCUT2D eigenvalue weighted by Gasteiger charge is 2.29. The number of hydrogen-bond acceptors (Lipinski definition) is 5. The van der Waals surface area contributed by atoms with E-state index >= 15 is 0 Å². The Hall–Kier alpha value is -1.64. The van der Waals surface area contributed by atoms with Gasteiger partial charge in [0.25, 0.3) is 5.91 Å². The molecular formula is C14H11BrClN5OS. The summed E-state index contributed by atoms with van der Waals surface area (Å²) in [7, 11) is 0. The smallest absolute Gasteiger partial charge is 0.292 e. The van der Waals surface area contributed by atoms with Crippen LogP contribution in [0.5, 0.6) is 0 Å². The minimum Gasteiger partial charge on any atom is -0.295 e. The summed E-state index contributed by atoms with van der Waals surface area (Å²) in [5.41, 5.74) is 5.04. The Labute approximate surface area is 149 Å². The van der Waals surface area contributed by atoms with Crippen molar-refractivity contribution >= 4 is 56.1 Å². The lowest BCUT2D eigenvalue weighted by Crippen LogP contribution is -2.41. The molecule has 1 N–H and O–H groups in total. The Morgan fingerprint density at radius 3 is 3.17 bits per heavy atom. The second-order valence-electron chi connectivity index (χ2n) is 5.36. The van der Waals surface area contributed by atoms with Crippen molar-refractivity contribution in [1.82, 2.24) is 19.6 Å². The lowest BCUT2D eigenvalue weighted by atomic mass is 10.1. The summed E-state index contributed by atoms with van der Waals surface area (Å²) >= 11 is 11.1. The van der Waals surface area contributed by atoms with Crippen molar-refractivity contribution in [3.05, 3.63) is 43.9 Å². The quantitative estimate of drug-likeness (QED) is 0.660. The number of halogens is 2. The number of anilines is 1. The Morgan fingerprint density at radius 1 is 1.52 bits per heavy atom. The first-order chi connectivity index (χ1) is 11.0. The average Bonchev–Trinajstić information content (AvgIpc) is 3.08. The van der Waals surface area contributed by atoms with Crippen molar-refractivity contribution in [3.8, 4) is 0 Å². The Bertz CT molecular complexity index is 923. The standard InChI is InChI=1S/C14H11BrClN5OS/c1-7-5-21(18-9-2-11(15)23-13(7)9)14(22)10-3-12-17-4-8(16)6-20(12)19-10/h2-4,6-7,18H,5H2,1H3. The molecule has 118 valence electrons. The highest BCUT2D eigenvalue weighted by Crippen LogP contribution is 2.40. The van der Waals surface area contributed by atoms with Gasteiger partial charge in [0.1, 0.15) is 0 Å². The van der Waals surface area contributed by atoms with Crippen molar-refractivity contribution in [2.75, 3.05) is 12.0 Å². The molecule has 1 amide bonds. The van der Waals surface area contributed by atoms with E-state index in [2.05, 4.69) is 38.4 Å². The van der Waals surface area contributed by atoms with Crippen molar-refractivity contribution in [2.45, 2.75) is 12.8 Å². The van der Waals surface area contributed by atoms with Gasteiger partial charge in [-0.15, -0.1) is 11.3 Å². The van der Waals surface area contributed by atoms with E-state index in [9.17, 15) is 4.79 Å². The van der Waals surface area contributed by atoms with Gasteiger partial charge in [0.2, 0.25) is 0 Å². The molecule has 1 unspecified atom stereocenters. The Balaban J connectivity index is 1.66. The zero-order valence-electron chi connectivity index (χ0n) is 12.0. The fourth-order valence-electron chi connectivity index (χ4n) is 2.61. The van der Waals surface area contributed by atoms with Crippen LogP contribution >= 0.6 is 38.9 Å². The molecule has 3 aromatic rings. The third-order valence-corrected chi connectivity index (χ3v) is 5.70. The van der Waals surface area contributed by atoms with E-state index < -0.39 is 0 Å². The molecular weight excluding hydrogens is 402 g/mol. The van der Waals surface area contributed by atoms with Crippen LogP contribution in [-0.4, -0.2) is 32.1 Å². The van der Waals surface area contributed by atoms with Crippen LogP contribution in [-0.2, 0) is 0 Å². The summed E-state index contributed by atoms with van der Waals surface area (Å²) in [5.74, 6) is 0.0718. The molecule has 0 bridgehead atoms. The van der Waals surface area contributed by atoms with Crippen LogP contribution in [0.4, 0.5) is 5.69 Å². The van der Waals surface area contributed by atoms with Crippen LogP contribution in [0.1, 0.15) is 28.2 Å². The molecule has 1 aliphatic heterocycles. The summed E-state index contributed by atoms with van der Waals surface area (Å²) in [6.45, 7) is 2.69. The topological polar surface area (TPSA) is 62.5 Å². The first kappa shape index (κ1) is 14.9. The van der Waals surface area contributed by atoms with E-state index in [0.29, 0.717) is 22.9 Å². The number of carbonyl (C=O) groups is 1. The Kier molecular flexibility index (Phi) is 3.55. The van der Waals surface area contributed by atoms with E-state index in [-0.39, 0.29) is 11.8 Å². The average molecular weight is 413 g/mol. The fourth-order valence-corrected chi connectivity index (χ4v) is 4.38. The molecule has 1 aliphatic rings. The third kappa shape index (κ3) is 2.60. The summed E-state index contributed by atoms with van der Waals surface area (Å²) in [6.07, 6.45) is 3.16. The number of hydrogen-bond donors (Lipinski definition) is 1. The first-order valence-corrected chi connectivity index (χ1v) is 8.88. The molecule has 0 radical (unpaired) electrons. The summed E-state index contributed by atoms with van der Waals surface area (Å²) in [4.78, 5) is 18.1. The lowest BCUT2D eigenvalue weighted by molar-refractivity contribution is 0.0774. The van der Waals surface area contributed by atoms with Crippen molar-refractivity contribution in [3.63, 3.8) is 0 Å². The molecule has 0 saturated carbocycles. The summed E-state index contributed by atoms with van der Waals surface area (Å²) in [5, 5.41) is 6.33. The van der Waals surface area contributed by atoms with Gasteiger partial charge >= 0.3 is 0 Å². The number of nitrogens with one attached hydrogen (secondary N) is 1. The minimum absolute atomic E-state index is 0.188. The van der Waals surface area contributed by atoms with Gasteiger partial charge in [-0.25, -0.2) is 9.50 Å². The first-order valence-electron chi connectivity index (χ1n) is 6.90. The van der Waals surface area contributed by atoms with Crippen LogP contribution < -0.4 is 5.43 Å². The van der Waals surface area contributed by atoms with Crippen molar-refractivity contribution in [1.29, 1.82) is 0 Å². The van der Waals surface area contributed by atoms with Gasteiger partial charge in [-0.05, 0) is 22.0 Å². The normalized spacial score (nSPS) is 17.2. The molecule has 4 heterocycles.